The van der Waals surface area contributed by atoms with Gasteiger partial charge in [0.05, 0.1) is 17.8 Å². The van der Waals surface area contributed by atoms with Gasteiger partial charge in [-0.3, -0.25) is 0 Å². The molecule has 2 aromatic rings. The highest BCUT2D eigenvalue weighted by Crippen LogP contribution is 2.23. The van der Waals surface area contributed by atoms with Crippen LogP contribution in [0.3, 0.4) is 0 Å². The number of nitrogens with zero attached hydrogens (tertiary/aromatic N) is 1. The molecule has 0 spiro atoms. The first-order valence-electron chi connectivity index (χ1n) is 5.37. The molecule has 0 bridgehead atoms. The third-order valence-corrected chi connectivity index (χ3v) is 3.29. The van der Waals surface area contributed by atoms with Crippen molar-refractivity contribution in [2.24, 2.45) is 0 Å². The molecule has 0 unspecified atom stereocenters. The van der Waals surface area contributed by atoms with Crippen molar-refractivity contribution in [2.45, 2.75) is 6.54 Å². The molecular weight excluding hydrogens is 316 g/mol. The number of rotatable bonds is 4. The fraction of sp³-hybridized carbons (Fsp3) is 0.154. The second-order valence-corrected chi connectivity index (χ2v) is 4.88. The molecule has 5 heteroatoms. The van der Waals surface area contributed by atoms with Crippen LogP contribution < -0.4 is 10.1 Å². The Kier molecular flexibility index (Phi) is 4.44. The second-order valence-electron chi connectivity index (χ2n) is 3.69. The van der Waals surface area contributed by atoms with Crippen LogP contribution >= 0.6 is 27.5 Å². The maximum absolute atomic E-state index is 5.90. The topological polar surface area (TPSA) is 34.1 Å². The van der Waals surface area contributed by atoms with E-state index in [-0.39, 0.29) is 0 Å². The zero-order valence-corrected chi connectivity index (χ0v) is 12.1. The van der Waals surface area contributed by atoms with Crippen molar-refractivity contribution >= 4 is 33.2 Å². The Morgan fingerprint density at radius 2 is 2.06 bits per heavy atom. The summed E-state index contributed by atoms with van der Waals surface area (Å²) in [5, 5.41) is 3.88. The Labute approximate surface area is 119 Å². The summed E-state index contributed by atoms with van der Waals surface area (Å²) in [5.41, 5.74) is 2.03. The van der Waals surface area contributed by atoms with Crippen molar-refractivity contribution in [1.29, 1.82) is 0 Å². The van der Waals surface area contributed by atoms with E-state index in [0.29, 0.717) is 11.6 Å². The monoisotopic (exact) mass is 326 g/mol. The molecule has 1 N–H and O–H groups in total. The van der Waals surface area contributed by atoms with Gasteiger partial charge >= 0.3 is 0 Å². The first kappa shape index (κ1) is 13.2. The molecule has 0 radical (unpaired) electrons. The normalized spacial score (nSPS) is 10.2. The Bertz CT molecular complexity index is 531. The predicted octanol–water partition coefficient (Wildman–Crippen LogP) is 4.12. The summed E-state index contributed by atoms with van der Waals surface area (Å²) in [6.45, 7) is 0.699. The SMILES string of the molecule is COc1ccc(CNc2cc(Cl)cnc2Br)cc1. The first-order valence-corrected chi connectivity index (χ1v) is 6.54. The first-order chi connectivity index (χ1) is 8.69. The molecule has 1 heterocycles. The summed E-state index contributed by atoms with van der Waals surface area (Å²) in [4.78, 5) is 4.12. The molecule has 1 aromatic heterocycles. The Morgan fingerprint density at radius 1 is 1.33 bits per heavy atom. The molecule has 0 fully saturated rings. The molecular formula is C13H12BrClN2O. The van der Waals surface area contributed by atoms with Gasteiger partial charge in [-0.1, -0.05) is 23.7 Å². The molecule has 3 nitrogen and oxygen atoms in total. The van der Waals surface area contributed by atoms with Crippen LogP contribution in [0.25, 0.3) is 0 Å². The molecule has 0 aliphatic rings. The van der Waals surface area contributed by atoms with E-state index >= 15 is 0 Å². The third-order valence-electron chi connectivity index (χ3n) is 2.45. The average molecular weight is 328 g/mol. The number of halogens is 2. The fourth-order valence-corrected chi connectivity index (χ4v) is 2.00. The van der Waals surface area contributed by atoms with E-state index in [9.17, 15) is 0 Å². The van der Waals surface area contributed by atoms with Gasteiger partial charge < -0.3 is 10.1 Å². The molecule has 0 saturated carbocycles. The number of aromatic nitrogens is 1. The lowest BCUT2D eigenvalue weighted by Gasteiger charge is -2.09. The molecule has 0 saturated heterocycles. The third kappa shape index (κ3) is 3.37. The molecule has 2 rings (SSSR count). The van der Waals surface area contributed by atoms with E-state index in [0.717, 1.165) is 21.6 Å². The van der Waals surface area contributed by atoms with Crippen LogP contribution in [0, 0.1) is 0 Å². The number of ether oxygens (including phenoxy) is 1. The summed E-state index contributed by atoms with van der Waals surface area (Å²) < 4.78 is 5.86. The molecule has 0 amide bonds. The van der Waals surface area contributed by atoms with Gasteiger partial charge in [0.25, 0.3) is 0 Å². The van der Waals surface area contributed by atoms with Gasteiger partial charge in [0.2, 0.25) is 0 Å². The minimum Gasteiger partial charge on any atom is -0.497 e. The van der Waals surface area contributed by atoms with Crippen molar-refractivity contribution in [1.82, 2.24) is 4.98 Å². The summed E-state index contributed by atoms with van der Waals surface area (Å²) in [6, 6.07) is 9.72. The summed E-state index contributed by atoms with van der Waals surface area (Å²) >= 11 is 9.27. The van der Waals surface area contributed by atoms with E-state index in [1.807, 2.05) is 30.3 Å². The lowest BCUT2D eigenvalue weighted by atomic mass is 10.2. The Hall–Kier alpha value is -1.26. The van der Waals surface area contributed by atoms with Gasteiger partial charge in [-0.25, -0.2) is 4.98 Å². The molecule has 1 aromatic carbocycles. The van der Waals surface area contributed by atoms with Gasteiger partial charge in [-0.2, -0.15) is 0 Å². The highest BCUT2D eigenvalue weighted by atomic mass is 79.9. The number of benzene rings is 1. The smallest absolute Gasteiger partial charge is 0.129 e. The van der Waals surface area contributed by atoms with E-state index in [1.165, 1.54) is 0 Å². The predicted molar refractivity (Wildman–Crippen MR) is 77.3 cm³/mol. The fourth-order valence-electron chi connectivity index (χ4n) is 1.49. The highest BCUT2D eigenvalue weighted by Gasteiger charge is 2.02. The Balaban J connectivity index is 2.04. The minimum atomic E-state index is 0.607. The van der Waals surface area contributed by atoms with E-state index in [2.05, 4.69) is 26.2 Å². The molecule has 0 aliphatic heterocycles. The van der Waals surface area contributed by atoms with Crippen molar-refractivity contribution < 1.29 is 4.74 Å². The molecule has 0 atom stereocenters. The summed E-state index contributed by atoms with van der Waals surface area (Å²) in [5.74, 6) is 0.851. The second kappa shape index (κ2) is 6.07. The van der Waals surface area contributed by atoms with Crippen LogP contribution in [-0.4, -0.2) is 12.1 Å². The van der Waals surface area contributed by atoms with Crippen LogP contribution in [0.5, 0.6) is 5.75 Å². The Morgan fingerprint density at radius 3 is 2.72 bits per heavy atom. The number of hydrogen-bond donors (Lipinski definition) is 1. The summed E-state index contributed by atoms with van der Waals surface area (Å²) in [7, 11) is 1.65. The van der Waals surface area contributed by atoms with Crippen LogP contribution in [0.1, 0.15) is 5.56 Å². The van der Waals surface area contributed by atoms with Crippen LogP contribution in [-0.2, 0) is 6.54 Å². The van der Waals surface area contributed by atoms with Crippen molar-refractivity contribution in [3.63, 3.8) is 0 Å². The van der Waals surface area contributed by atoms with Gasteiger partial charge in [0, 0.05) is 12.7 Å². The maximum atomic E-state index is 5.90. The van der Waals surface area contributed by atoms with E-state index < -0.39 is 0 Å². The number of nitrogens with one attached hydrogen (secondary N) is 1. The quantitative estimate of drug-likeness (QED) is 0.858. The molecule has 0 aliphatic carbocycles. The average Bonchev–Trinajstić information content (AvgIpc) is 2.40. The van der Waals surface area contributed by atoms with Crippen molar-refractivity contribution in [3.05, 3.63) is 51.7 Å². The highest BCUT2D eigenvalue weighted by molar-refractivity contribution is 9.10. The molecule has 94 valence electrons. The van der Waals surface area contributed by atoms with Crippen LogP contribution in [0.4, 0.5) is 5.69 Å². The van der Waals surface area contributed by atoms with Crippen molar-refractivity contribution in [3.8, 4) is 5.75 Å². The zero-order valence-electron chi connectivity index (χ0n) is 9.78. The van der Waals surface area contributed by atoms with Crippen LogP contribution in [0.2, 0.25) is 5.02 Å². The van der Waals surface area contributed by atoms with E-state index in [1.54, 1.807) is 13.3 Å². The number of pyridine rings is 1. The summed E-state index contributed by atoms with van der Waals surface area (Å²) in [6.07, 6.45) is 1.60. The lowest BCUT2D eigenvalue weighted by Crippen LogP contribution is -2.00. The standard InChI is InChI=1S/C13H12BrClN2O/c1-18-11-4-2-9(3-5-11)7-16-12-6-10(15)8-17-13(12)14/h2-6,8,16H,7H2,1H3. The minimum absolute atomic E-state index is 0.607. The largest absolute Gasteiger partial charge is 0.497 e. The molecule has 18 heavy (non-hydrogen) atoms. The van der Waals surface area contributed by atoms with Crippen molar-refractivity contribution in [2.75, 3.05) is 12.4 Å². The van der Waals surface area contributed by atoms with Crippen LogP contribution in [0.15, 0.2) is 41.1 Å². The van der Waals surface area contributed by atoms with Gasteiger partial charge in [-0.05, 0) is 39.7 Å². The van der Waals surface area contributed by atoms with Gasteiger partial charge in [0.1, 0.15) is 10.4 Å². The van der Waals surface area contributed by atoms with Gasteiger partial charge in [-0.15, -0.1) is 0 Å². The number of anilines is 1. The number of methoxy groups -OCH3 is 1. The van der Waals surface area contributed by atoms with Gasteiger partial charge in [0.15, 0.2) is 0 Å². The maximum Gasteiger partial charge on any atom is 0.129 e. The van der Waals surface area contributed by atoms with E-state index in [4.69, 9.17) is 16.3 Å². The number of hydrogen-bond acceptors (Lipinski definition) is 3. The zero-order chi connectivity index (χ0) is 13.0. The lowest BCUT2D eigenvalue weighted by molar-refractivity contribution is 0.414.